The zero-order valence-corrected chi connectivity index (χ0v) is 13.6. The molecule has 1 aromatic rings. The molecule has 0 radical (unpaired) electrons. The van der Waals surface area contributed by atoms with E-state index in [1.165, 1.54) is 0 Å². The van der Waals surface area contributed by atoms with Crippen molar-refractivity contribution >= 4 is 10.0 Å². The average molecular weight is 320 g/mol. The summed E-state index contributed by atoms with van der Waals surface area (Å²) in [5.74, 6) is -2.52. The van der Waals surface area contributed by atoms with E-state index in [0.29, 0.717) is 12.1 Å². The van der Waals surface area contributed by atoms with E-state index in [4.69, 9.17) is 0 Å². The molecule has 2 N–H and O–H groups in total. The average Bonchev–Trinajstić information content (AvgIpc) is 2.30. The van der Waals surface area contributed by atoms with Crippen LogP contribution in [0.15, 0.2) is 17.0 Å². The molecule has 0 aromatic heterocycles. The fourth-order valence-electron chi connectivity index (χ4n) is 1.78. The second-order valence-electron chi connectivity index (χ2n) is 5.92. The largest absolute Gasteiger partial charge is 0.313 e. The van der Waals surface area contributed by atoms with Crippen molar-refractivity contribution in [2.24, 2.45) is 0 Å². The molecule has 0 saturated heterocycles. The molecule has 0 bridgehead atoms. The van der Waals surface area contributed by atoms with Gasteiger partial charge < -0.3 is 5.32 Å². The Bertz CT molecular complexity index is 596. The second-order valence-corrected chi connectivity index (χ2v) is 7.57. The summed E-state index contributed by atoms with van der Waals surface area (Å²) in [6.45, 7) is 7.86. The van der Waals surface area contributed by atoms with Crippen LogP contribution in [0, 0.1) is 11.6 Å². The van der Waals surface area contributed by atoms with Crippen molar-refractivity contribution in [2.75, 3.05) is 6.54 Å². The Hall–Kier alpha value is -1.05. The summed E-state index contributed by atoms with van der Waals surface area (Å²) >= 11 is 0. The molecular weight excluding hydrogens is 298 g/mol. The zero-order chi connectivity index (χ0) is 16.3. The number of halogens is 2. The van der Waals surface area contributed by atoms with E-state index in [0.717, 1.165) is 18.6 Å². The molecule has 0 aliphatic carbocycles. The summed E-state index contributed by atoms with van der Waals surface area (Å²) in [5, 5.41) is 3.02. The summed E-state index contributed by atoms with van der Waals surface area (Å²) in [6, 6.07) is 2.17. The molecule has 1 rings (SSSR count). The fraction of sp³-hybridized carbons (Fsp3) is 0.571. The minimum Gasteiger partial charge on any atom is -0.313 e. The van der Waals surface area contributed by atoms with Gasteiger partial charge in [0.05, 0.1) is 0 Å². The van der Waals surface area contributed by atoms with Gasteiger partial charge in [-0.15, -0.1) is 0 Å². The Morgan fingerprint density at radius 1 is 1.19 bits per heavy atom. The van der Waals surface area contributed by atoms with E-state index in [-0.39, 0.29) is 6.54 Å². The molecule has 0 aliphatic rings. The van der Waals surface area contributed by atoms with Crippen molar-refractivity contribution in [2.45, 2.75) is 51.1 Å². The molecule has 21 heavy (non-hydrogen) atoms. The summed E-state index contributed by atoms with van der Waals surface area (Å²) in [7, 11) is -4.12. The van der Waals surface area contributed by atoms with E-state index in [1.807, 2.05) is 6.92 Å². The summed E-state index contributed by atoms with van der Waals surface area (Å²) in [6.07, 6.45) is 0.889. The smallest absolute Gasteiger partial charge is 0.244 e. The van der Waals surface area contributed by atoms with E-state index < -0.39 is 32.1 Å². The monoisotopic (exact) mass is 320 g/mol. The van der Waals surface area contributed by atoms with Gasteiger partial charge in [0.25, 0.3) is 0 Å². The Morgan fingerprint density at radius 3 is 2.33 bits per heavy atom. The van der Waals surface area contributed by atoms with E-state index >= 15 is 0 Å². The highest BCUT2D eigenvalue weighted by molar-refractivity contribution is 7.89. The first kappa shape index (κ1) is 18.0. The predicted molar refractivity (Wildman–Crippen MR) is 78.4 cm³/mol. The van der Waals surface area contributed by atoms with Gasteiger partial charge in [0, 0.05) is 12.1 Å². The zero-order valence-electron chi connectivity index (χ0n) is 12.8. The molecule has 0 amide bonds. The molecule has 4 nitrogen and oxygen atoms in total. The fourth-order valence-corrected chi connectivity index (χ4v) is 3.34. The van der Waals surface area contributed by atoms with Gasteiger partial charge in [-0.05, 0) is 51.4 Å². The van der Waals surface area contributed by atoms with Crippen LogP contribution in [0.25, 0.3) is 0 Å². The van der Waals surface area contributed by atoms with Gasteiger partial charge in [-0.1, -0.05) is 6.92 Å². The molecule has 0 atom stereocenters. The highest BCUT2D eigenvalue weighted by atomic mass is 32.2. The number of hydrogen-bond acceptors (Lipinski definition) is 3. The number of hydrogen-bond donors (Lipinski definition) is 2. The Balaban J connectivity index is 3.16. The molecule has 0 aliphatic heterocycles. The second kappa shape index (κ2) is 6.81. The Kier molecular flexibility index (Phi) is 5.83. The quantitative estimate of drug-likeness (QED) is 0.792. The third-order valence-electron chi connectivity index (χ3n) is 2.54. The standard InChI is InChI=1S/C14H22F2N2O2S/c1-5-6-17-9-10-7-11(15)13(16)12(8-10)21(19,20)18-14(2,3)4/h7-8,17-18H,5-6,9H2,1-4H3. The van der Waals surface area contributed by atoms with Crippen molar-refractivity contribution in [3.63, 3.8) is 0 Å². The van der Waals surface area contributed by atoms with Gasteiger partial charge in [0.2, 0.25) is 10.0 Å². The van der Waals surface area contributed by atoms with Gasteiger partial charge in [-0.2, -0.15) is 0 Å². The van der Waals surface area contributed by atoms with Crippen LogP contribution in [-0.4, -0.2) is 20.5 Å². The van der Waals surface area contributed by atoms with Crippen LogP contribution in [0.2, 0.25) is 0 Å². The van der Waals surface area contributed by atoms with E-state index in [1.54, 1.807) is 20.8 Å². The molecule has 120 valence electrons. The summed E-state index contributed by atoms with van der Waals surface area (Å²) in [5.41, 5.74) is -0.394. The first-order valence-corrected chi connectivity index (χ1v) is 8.28. The van der Waals surface area contributed by atoms with Gasteiger partial charge in [-0.3, -0.25) is 0 Å². The molecule has 0 spiro atoms. The Morgan fingerprint density at radius 2 is 1.81 bits per heavy atom. The minimum absolute atomic E-state index is 0.281. The molecule has 0 unspecified atom stereocenters. The lowest BCUT2D eigenvalue weighted by atomic mass is 10.1. The van der Waals surface area contributed by atoms with Gasteiger partial charge in [-0.25, -0.2) is 21.9 Å². The van der Waals surface area contributed by atoms with Crippen LogP contribution in [0.1, 0.15) is 39.7 Å². The number of nitrogens with one attached hydrogen (secondary N) is 2. The van der Waals surface area contributed by atoms with Crippen molar-refractivity contribution in [3.05, 3.63) is 29.3 Å². The topological polar surface area (TPSA) is 58.2 Å². The van der Waals surface area contributed by atoms with Gasteiger partial charge >= 0.3 is 0 Å². The maximum atomic E-state index is 13.8. The van der Waals surface area contributed by atoms with Gasteiger partial charge in [0.15, 0.2) is 11.6 Å². The van der Waals surface area contributed by atoms with Crippen LogP contribution in [-0.2, 0) is 16.6 Å². The maximum Gasteiger partial charge on any atom is 0.244 e. The lowest BCUT2D eigenvalue weighted by molar-refractivity contribution is 0.466. The van der Waals surface area contributed by atoms with Crippen LogP contribution in [0.3, 0.4) is 0 Å². The first-order valence-electron chi connectivity index (χ1n) is 6.79. The van der Waals surface area contributed by atoms with Crippen LogP contribution < -0.4 is 10.0 Å². The first-order chi connectivity index (χ1) is 9.57. The highest BCUT2D eigenvalue weighted by Crippen LogP contribution is 2.21. The maximum absolute atomic E-state index is 13.8. The van der Waals surface area contributed by atoms with E-state index in [2.05, 4.69) is 10.0 Å². The lowest BCUT2D eigenvalue weighted by Crippen LogP contribution is -2.41. The highest BCUT2D eigenvalue weighted by Gasteiger charge is 2.27. The molecular formula is C14H22F2N2O2S. The summed E-state index contributed by atoms with van der Waals surface area (Å²) < 4.78 is 54.1. The van der Waals surface area contributed by atoms with Crippen molar-refractivity contribution in [3.8, 4) is 0 Å². The van der Waals surface area contributed by atoms with Crippen molar-refractivity contribution < 1.29 is 17.2 Å². The van der Waals surface area contributed by atoms with Crippen LogP contribution in [0.5, 0.6) is 0 Å². The molecule has 7 heteroatoms. The molecule has 0 saturated carbocycles. The van der Waals surface area contributed by atoms with Crippen LogP contribution >= 0.6 is 0 Å². The predicted octanol–water partition coefficient (Wildman–Crippen LogP) is 2.54. The van der Waals surface area contributed by atoms with Gasteiger partial charge in [0.1, 0.15) is 4.90 Å². The normalized spacial score (nSPS) is 12.7. The third kappa shape index (κ3) is 5.33. The van der Waals surface area contributed by atoms with Crippen molar-refractivity contribution in [1.29, 1.82) is 0 Å². The number of sulfonamides is 1. The third-order valence-corrected chi connectivity index (χ3v) is 4.30. The lowest BCUT2D eigenvalue weighted by Gasteiger charge is -2.21. The Labute approximate surface area is 125 Å². The molecule has 0 fully saturated rings. The summed E-state index contributed by atoms with van der Waals surface area (Å²) in [4.78, 5) is -0.661. The molecule has 0 heterocycles. The van der Waals surface area contributed by atoms with Crippen LogP contribution in [0.4, 0.5) is 8.78 Å². The molecule has 1 aromatic carbocycles. The minimum atomic E-state index is -4.12. The number of rotatable bonds is 6. The number of benzene rings is 1. The SMILES string of the molecule is CCCNCc1cc(F)c(F)c(S(=O)(=O)NC(C)(C)C)c1. The van der Waals surface area contributed by atoms with E-state index in [9.17, 15) is 17.2 Å². The van der Waals surface area contributed by atoms with Crippen molar-refractivity contribution in [1.82, 2.24) is 10.0 Å².